The van der Waals surface area contributed by atoms with Gasteiger partial charge in [-0.2, -0.15) is 0 Å². The van der Waals surface area contributed by atoms with Gasteiger partial charge in [-0.1, -0.05) is 41.9 Å². The van der Waals surface area contributed by atoms with Crippen LogP contribution in [0.1, 0.15) is 18.9 Å². The summed E-state index contributed by atoms with van der Waals surface area (Å²) in [6, 6.07) is 12.6. The second-order valence-corrected chi connectivity index (χ2v) is 8.04. The van der Waals surface area contributed by atoms with Crippen molar-refractivity contribution in [1.29, 1.82) is 0 Å². The van der Waals surface area contributed by atoms with Gasteiger partial charge in [0.15, 0.2) is 0 Å². The molecule has 2 amide bonds. The Bertz CT molecular complexity index is 975. The predicted octanol–water partition coefficient (Wildman–Crippen LogP) is 2.21. The van der Waals surface area contributed by atoms with E-state index >= 15 is 0 Å². The quantitative estimate of drug-likeness (QED) is 0.828. The second kappa shape index (κ2) is 5.94. The number of halogens is 1. The number of amides is 2. The molecule has 1 aliphatic heterocycles. The zero-order valence-electron chi connectivity index (χ0n) is 13.3. The van der Waals surface area contributed by atoms with E-state index in [4.69, 9.17) is 16.7 Å². The first-order chi connectivity index (χ1) is 11.6. The van der Waals surface area contributed by atoms with E-state index in [1.807, 2.05) is 6.07 Å². The van der Waals surface area contributed by atoms with Crippen LogP contribution in [0.5, 0.6) is 0 Å². The van der Waals surface area contributed by atoms with E-state index in [-0.39, 0.29) is 22.0 Å². The van der Waals surface area contributed by atoms with Gasteiger partial charge in [-0.25, -0.2) is 18.5 Å². The summed E-state index contributed by atoms with van der Waals surface area (Å²) in [5.41, 5.74) is -0.323. The van der Waals surface area contributed by atoms with Crippen molar-refractivity contribution in [1.82, 2.24) is 0 Å². The van der Waals surface area contributed by atoms with Crippen LogP contribution in [0.15, 0.2) is 53.4 Å². The molecule has 0 radical (unpaired) electrons. The zero-order chi connectivity index (χ0) is 18.4. The molecule has 0 spiro atoms. The van der Waals surface area contributed by atoms with Crippen LogP contribution in [0.25, 0.3) is 0 Å². The minimum Gasteiger partial charge on any atom is -0.274 e. The molecule has 130 valence electrons. The molecule has 3 rings (SSSR count). The van der Waals surface area contributed by atoms with Crippen molar-refractivity contribution >= 4 is 39.1 Å². The Hall–Kier alpha value is -2.22. The fourth-order valence-electron chi connectivity index (χ4n) is 2.93. The lowest BCUT2D eigenvalue weighted by atomic mass is 9.81. The summed E-state index contributed by atoms with van der Waals surface area (Å²) in [5.74, 6) is -0.915. The molecule has 1 atom stereocenters. The van der Waals surface area contributed by atoms with Crippen LogP contribution in [0.3, 0.4) is 0 Å². The van der Waals surface area contributed by atoms with E-state index < -0.39 is 27.3 Å². The maximum atomic E-state index is 13.0. The number of anilines is 1. The van der Waals surface area contributed by atoms with Crippen LogP contribution in [-0.2, 0) is 25.0 Å². The third-order valence-electron chi connectivity index (χ3n) is 4.33. The van der Waals surface area contributed by atoms with Crippen molar-refractivity contribution in [2.75, 3.05) is 4.90 Å². The monoisotopic (exact) mass is 378 g/mol. The minimum atomic E-state index is -4.00. The Morgan fingerprint density at radius 1 is 1.12 bits per heavy atom. The van der Waals surface area contributed by atoms with Crippen LogP contribution in [0, 0.1) is 0 Å². The molecule has 6 nitrogen and oxygen atoms in total. The lowest BCUT2D eigenvalue weighted by molar-refractivity contribution is -0.122. The SMILES string of the molecule is CC1(c2ccccc2)CC(=O)N(c2cc(S(N)(=O)=O)ccc2Cl)C1=O. The Morgan fingerprint density at radius 2 is 1.76 bits per heavy atom. The fraction of sp³-hybridized carbons (Fsp3) is 0.176. The van der Waals surface area contributed by atoms with E-state index in [1.165, 1.54) is 12.1 Å². The number of imide groups is 1. The van der Waals surface area contributed by atoms with Gasteiger partial charge in [0.05, 0.1) is 21.0 Å². The van der Waals surface area contributed by atoms with E-state index in [0.717, 1.165) is 11.0 Å². The predicted molar refractivity (Wildman–Crippen MR) is 93.7 cm³/mol. The Morgan fingerprint density at radius 3 is 2.36 bits per heavy atom. The van der Waals surface area contributed by atoms with E-state index in [9.17, 15) is 18.0 Å². The Kier molecular flexibility index (Phi) is 4.18. The Labute approximate surface area is 150 Å². The molecule has 0 aromatic heterocycles. The molecule has 1 unspecified atom stereocenters. The number of hydrogen-bond donors (Lipinski definition) is 1. The van der Waals surface area contributed by atoms with Gasteiger partial charge in [0.2, 0.25) is 21.8 Å². The molecule has 0 aliphatic carbocycles. The third kappa shape index (κ3) is 2.95. The highest BCUT2D eigenvalue weighted by Gasteiger charge is 2.50. The number of primary sulfonamides is 1. The van der Waals surface area contributed by atoms with Crippen molar-refractivity contribution in [3.05, 3.63) is 59.1 Å². The third-order valence-corrected chi connectivity index (χ3v) is 5.56. The van der Waals surface area contributed by atoms with Gasteiger partial charge >= 0.3 is 0 Å². The number of hydrogen-bond acceptors (Lipinski definition) is 4. The summed E-state index contributed by atoms with van der Waals surface area (Å²) < 4.78 is 23.1. The fourth-order valence-corrected chi connectivity index (χ4v) is 3.67. The second-order valence-electron chi connectivity index (χ2n) is 6.07. The molecular weight excluding hydrogens is 364 g/mol. The lowest BCUT2D eigenvalue weighted by Gasteiger charge is -2.23. The number of rotatable bonds is 3. The van der Waals surface area contributed by atoms with Crippen molar-refractivity contribution in [2.45, 2.75) is 23.7 Å². The number of nitrogens with zero attached hydrogens (tertiary/aromatic N) is 1. The summed E-state index contributed by atoms with van der Waals surface area (Å²) >= 11 is 6.11. The maximum Gasteiger partial charge on any atom is 0.244 e. The van der Waals surface area contributed by atoms with Gasteiger partial charge in [-0.3, -0.25) is 9.59 Å². The van der Waals surface area contributed by atoms with E-state index in [0.29, 0.717) is 5.56 Å². The van der Waals surface area contributed by atoms with E-state index in [2.05, 4.69) is 0 Å². The lowest BCUT2D eigenvalue weighted by Crippen LogP contribution is -2.37. The average molecular weight is 379 g/mol. The van der Waals surface area contributed by atoms with Crippen LogP contribution >= 0.6 is 11.6 Å². The summed E-state index contributed by atoms with van der Waals surface area (Å²) in [6.45, 7) is 1.68. The highest BCUT2D eigenvalue weighted by atomic mass is 35.5. The first-order valence-electron chi connectivity index (χ1n) is 7.40. The normalized spacial score (nSPS) is 21.0. The smallest absolute Gasteiger partial charge is 0.244 e. The van der Waals surface area contributed by atoms with Crippen molar-refractivity contribution < 1.29 is 18.0 Å². The van der Waals surface area contributed by atoms with E-state index in [1.54, 1.807) is 31.2 Å². The molecule has 1 heterocycles. The number of carbonyl (C=O) groups is 2. The summed E-state index contributed by atoms with van der Waals surface area (Å²) in [5, 5.41) is 5.22. The first-order valence-corrected chi connectivity index (χ1v) is 9.32. The van der Waals surface area contributed by atoms with Gasteiger partial charge < -0.3 is 0 Å². The standard InChI is InChI=1S/C17H15ClN2O4S/c1-17(11-5-3-2-4-6-11)10-15(21)20(16(17)22)14-9-12(25(19,23)24)7-8-13(14)18/h2-9H,10H2,1H3,(H2,19,23,24). The molecule has 2 N–H and O–H groups in total. The van der Waals surface area contributed by atoms with Crippen LogP contribution in [0.2, 0.25) is 5.02 Å². The molecule has 1 aliphatic rings. The van der Waals surface area contributed by atoms with Gasteiger partial charge in [0.25, 0.3) is 0 Å². The maximum absolute atomic E-state index is 13.0. The van der Waals surface area contributed by atoms with Crippen LogP contribution in [-0.4, -0.2) is 20.2 Å². The minimum absolute atomic E-state index is 0.0165. The van der Waals surface area contributed by atoms with Crippen LogP contribution in [0.4, 0.5) is 5.69 Å². The molecule has 1 fully saturated rings. The van der Waals surface area contributed by atoms with Gasteiger partial charge in [0, 0.05) is 6.42 Å². The van der Waals surface area contributed by atoms with Crippen molar-refractivity contribution in [3.63, 3.8) is 0 Å². The molecule has 8 heteroatoms. The van der Waals surface area contributed by atoms with Crippen molar-refractivity contribution in [2.24, 2.45) is 5.14 Å². The Balaban J connectivity index is 2.11. The van der Waals surface area contributed by atoms with Gasteiger partial charge in [0.1, 0.15) is 0 Å². The summed E-state index contributed by atoms with van der Waals surface area (Å²) in [7, 11) is -4.00. The number of carbonyl (C=O) groups excluding carboxylic acids is 2. The van der Waals surface area contributed by atoms with Crippen LogP contribution < -0.4 is 10.0 Å². The average Bonchev–Trinajstić information content (AvgIpc) is 2.78. The summed E-state index contributed by atoms with van der Waals surface area (Å²) in [6.07, 6.45) is -0.0359. The van der Waals surface area contributed by atoms with Crippen molar-refractivity contribution in [3.8, 4) is 0 Å². The number of nitrogens with two attached hydrogens (primary N) is 1. The molecule has 0 saturated carbocycles. The molecule has 0 bridgehead atoms. The van der Waals surface area contributed by atoms with Gasteiger partial charge in [-0.15, -0.1) is 0 Å². The summed E-state index contributed by atoms with van der Waals surface area (Å²) in [4.78, 5) is 26.3. The number of sulfonamides is 1. The van der Waals surface area contributed by atoms with Gasteiger partial charge in [-0.05, 0) is 30.7 Å². The molecule has 2 aromatic rings. The molecule has 2 aromatic carbocycles. The zero-order valence-corrected chi connectivity index (χ0v) is 14.8. The first kappa shape index (κ1) is 17.6. The molecule has 25 heavy (non-hydrogen) atoms. The topological polar surface area (TPSA) is 97.5 Å². The molecular formula is C17H15ClN2O4S. The number of benzene rings is 2. The highest BCUT2D eigenvalue weighted by molar-refractivity contribution is 7.89. The highest BCUT2D eigenvalue weighted by Crippen LogP contribution is 2.41. The molecule has 1 saturated heterocycles. The largest absolute Gasteiger partial charge is 0.274 e.